The Labute approximate surface area is 132 Å². The van der Waals surface area contributed by atoms with Crippen LogP contribution < -0.4 is 14.8 Å². The van der Waals surface area contributed by atoms with Crippen molar-refractivity contribution in [1.82, 2.24) is 5.32 Å². The summed E-state index contributed by atoms with van der Waals surface area (Å²) in [6.45, 7) is 2.37. The molecule has 1 atom stereocenters. The van der Waals surface area contributed by atoms with Crippen molar-refractivity contribution in [3.8, 4) is 11.5 Å². The second-order valence-corrected chi connectivity index (χ2v) is 6.28. The van der Waals surface area contributed by atoms with Gasteiger partial charge in [-0.2, -0.15) is 0 Å². The summed E-state index contributed by atoms with van der Waals surface area (Å²) in [5, 5.41) is 3.60. The summed E-state index contributed by atoms with van der Waals surface area (Å²) < 4.78 is 10.7. The van der Waals surface area contributed by atoms with E-state index in [9.17, 15) is 4.79 Å². The third kappa shape index (κ3) is 3.43. The van der Waals surface area contributed by atoms with E-state index in [2.05, 4.69) is 12.2 Å². The Kier molecular flexibility index (Phi) is 4.98. The third-order valence-electron chi connectivity index (χ3n) is 4.59. The minimum absolute atomic E-state index is 0.0894. The summed E-state index contributed by atoms with van der Waals surface area (Å²) in [5.74, 6) is 1.58. The monoisotopic (exact) mass is 303 g/mol. The Bertz CT molecular complexity index is 523. The van der Waals surface area contributed by atoms with E-state index in [0.717, 1.165) is 18.6 Å². The molecule has 1 unspecified atom stereocenters. The summed E-state index contributed by atoms with van der Waals surface area (Å²) in [4.78, 5) is 12.8. The van der Waals surface area contributed by atoms with Gasteiger partial charge in [-0.3, -0.25) is 4.79 Å². The summed E-state index contributed by atoms with van der Waals surface area (Å²) in [5.41, 5.74) is 0.714. The average Bonchev–Trinajstić information content (AvgIpc) is 3.02. The Morgan fingerprint density at radius 1 is 1.23 bits per heavy atom. The average molecular weight is 303 g/mol. The van der Waals surface area contributed by atoms with Crippen LogP contribution in [0.25, 0.3) is 0 Å². The van der Waals surface area contributed by atoms with Gasteiger partial charge < -0.3 is 14.8 Å². The number of ketones is 1. The van der Waals surface area contributed by atoms with Gasteiger partial charge in [0.2, 0.25) is 6.79 Å². The molecule has 0 aromatic heterocycles. The highest BCUT2D eigenvalue weighted by atomic mass is 16.7. The number of hydrogen-bond acceptors (Lipinski definition) is 4. The first kappa shape index (κ1) is 15.3. The molecule has 1 aromatic carbocycles. The Hall–Kier alpha value is -1.55. The Morgan fingerprint density at radius 2 is 2.00 bits per heavy atom. The summed E-state index contributed by atoms with van der Waals surface area (Å²) in [6.07, 6.45) is 8.13. The maximum atomic E-state index is 12.8. The largest absolute Gasteiger partial charge is 0.454 e. The molecule has 1 heterocycles. The quantitative estimate of drug-likeness (QED) is 0.814. The molecule has 0 saturated heterocycles. The van der Waals surface area contributed by atoms with Crippen LogP contribution in [0.15, 0.2) is 18.2 Å². The molecule has 1 aliphatic carbocycles. The van der Waals surface area contributed by atoms with E-state index >= 15 is 0 Å². The predicted octanol–water partition coefficient (Wildman–Crippen LogP) is 3.69. The molecule has 2 aliphatic rings. The normalized spacial score (nSPS) is 19.1. The number of carbonyl (C=O) groups excluding carboxylic acids is 1. The number of fused-ring (bicyclic) bond motifs is 1. The van der Waals surface area contributed by atoms with Crippen LogP contribution in [0.4, 0.5) is 0 Å². The van der Waals surface area contributed by atoms with Crippen molar-refractivity contribution in [1.29, 1.82) is 0 Å². The van der Waals surface area contributed by atoms with Crippen LogP contribution in [0.5, 0.6) is 11.5 Å². The molecule has 4 nitrogen and oxygen atoms in total. The number of rotatable bonds is 6. The molecule has 4 heteroatoms. The molecule has 0 radical (unpaired) electrons. The highest BCUT2D eigenvalue weighted by Gasteiger charge is 2.25. The fourth-order valence-corrected chi connectivity index (χ4v) is 3.38. The van der Waals surface area contributed by atoms with Gasteiger partial charge >= 0.3 is 0 Å². The maximum absolute atomic E-state index is 12.8. The maximum Gasteiger partial charge on any atom is 0.231 e. The molecule has 1 fully saturated rings. The fraction of sp³-hybridized carbons (Fsp3) is 0.611. The highest BCUT2D eigenvalue weighted by molar-refractivity contribution is 6.00. The van der Waals surface area contributed by atoms with Crippen LogP contribution in [-0.2, 0) is 0 Å². The van der Waals surface area contributed by atoms with E-state index in [1.165, 1.54) is 32.1 Å². The molecule has 0 amide bonds. The van der Waals surface area contributed by atoms with Gasteiger partial charge in [0, 0.05) is 11.6 Å². The number of carbonyl (C=O) groups is 1. The van der Waals surface area contributed by atoms with Gasteiger partial charge in [-0.1, -0.05) is 32.6 Å². The van der Waals surface area contributed by atoms with E-state index in [1.807, 2.05) is 18.2 Å². The number of benzene rings is 1. The lowest BCUT2D eigenvalue weighted by Crippen LogP contribution is -2.44. The summed E-state index contributed by atoms with van der Waals surface area (Å²) in [7, 11) is 0. The molecule has 3 rings (SSSR count). The molecule has 1 N–H and O–H groups in total. The zero-order valence-electron chi connectivity index (χ0n) is 13.3. The first-order valence-corrected chi connectivity index (χ1v) is 8.48. The van der Waals surface area contributed by atoms with Crippen LogP contribution >= 0.6 is 0 Å². The van der Waals surface area contributed by atoms with Gasteiger partial charge in [-0.05, 0) is 37.5 Å². The van der Waals surface area contributed by atoms with E-state index in [4.69, 9.17) is 9.47 Å². The standard InChI is InChI=1S/C18H25NO3/c1-2-6-15(19-14-7-4-3-5-8-14)18(20)13-9-10-16-17(11-13)22-12-21-16/h9-11,14-15,19H,2-8,12H2,1H3. The molecule has 1 aromatic rings. The topological polar surface area (TPSA) is 47.6 Å². The SMILES string of the molecule is CCCC(NC1CCCCC1)C(=O)c1ccc2c(c1)OCO2. The molecule has 1 aliphatic heterocycles. The van der Waals surface area contributed by atoms with Crippen LogP contribution in [0.3, 0.4) is 0 Å². The zero-order valence-corrected chi connectivity index (χ0v) is 13.3. The van der Waals surface area contributed by atoms with E-state index in [-0.39, 0.29) is 18.6 Å². The highest BCUT2D eigenvalue weighted by Crippen LogP contribution is 2.33. The predicted molar refractivity (Wildman–Crippen MR) is 85.6 cm³/mol. The minimum Gasteiger partial charge on any atom is -0.454 e. The van der Waals surface area contributed by atoms with E-state index < -0.39 is 0 Å². The second-order valence-electron chi connectivity index (χ2n) is 6.28. The van der Waals surface area contributed by atoms with Crippen LogP contribution in [0.1, 0.15) is 62.2 Å². The van der Waals surface area contributed by atoms with Crippen molar-refractivity contribution in [2.24, 2.45) is 0 Å². The van der Waals surface area contributed by atoms with Crippen LogP contribution in [0, 0.1) is 0 Å². The Balaban J connectivity index is 1.71. The van der Waals surface area contributed by atoms with Gasteiger partial charge in [0.05, 0.1) is 6.04 Å². The molecular weight excluding hydrogens is 278 g/mol. The van der Waals surface area contributed by atoms with Crippen molar-refractivity contribution in [2.45, 2.75) is 64.0 Å². The fourth-order valence-electron chi connectivity index (χ4n) is 3.38. The summed E-state index contributed by atoms with van der Waals surface area (Å²) >= 11 is 0. The number of nitrogens with one attached hydrogen (secondary N) is 1. The zero-order chi connectivity index (χ0) is 15.4. The first-order chi connectivity index (χ1) is 10.8. The minimum atomic E-state index is -0.0894. The first-order valence-electron chi connectivity index (χ1n) is 8.48. The van der Waals surface area contributed by atoms with Gasteiger partial charge in [0.25, 0.3) is 0 Å². The summed E-state index contributed by atoms with van der Waals surface area (Å²) in [6, 6.07) is 5.90. The lowest BCUT2D eigenvalue weighted by atomic mass is 9.92. The molecule has 1 saturated carbocycles. The van der Waals surface area contributed by atoms with Gasteiger partial charge in [0.15, 0.2) is 17.3 Å². The molecule has 22 heavy (non-hydrogen) atoms. The van der Waals surface area contributed by atoms with E-state index in [0.29, 0.717) is 17.4 Å². The van der Waals surface area contributed by atoms with Gasteiger partial charge in [-0.25, -0.2) is 0 Å². The number of ether oxygens (including phenoxy) is 2. The van der Waals surface area contributed by atoms with Crippen molar-refractivity contribution in [3.63, 3.8) is 0 Å². The van der Waals surface area contributed by atoms with Crippen LogP contribution in [-0.4, -0.2) is 24.7 Å². The molecule has 0 bridgehead atoms. The smallest absolute Gasteiger partial charge is 0.231 e. The third-order valence-corrected chi connectivity index (χ3v) is 4.59. The van der Waals surface area contributed by atoms with Gasteiger partial charge in [-0.15, -0.1) is 0 Å². The van der Waals surface area contributed by atoms with Crippen molar-refractivity contribution in [2.75, 3.05) is 6.79 Å². The molecular formula is C18H25NO3. The number of hydrogen-bond donors (Lipinski definition) is 1. The van der Waals surface area contributed by atoms with Crippen LogP contribution in [0.2, 0.25) is 0 Å². The van der Waals surface area contributed by atoms with E-state index in [1.54, 1.807) is 0 Å². The lowest BCUT2D eigenvalue weighted by molar-refractivity contribution is 0.0924. The lowest BCUT2D eigenvalue weighted by Gasteiger charge is -2.27. The molecule has 0 spiro atoms. The van der Waals surface area contributed by atoms with Gasteiger partial charge in [0.1, 0.15) is 0 Å². The van der Waals surface area contributed by atoms with Crippen molar-refractivity contribution in [3.05, 3.63) is 23.8 Å². The van der Waals surface area contributed by atoms with Crippen molar-refractivity contribution < 1.29 is 14.3 Å². The molecule has 120 valence electrons. The Morgan fingerprint density at radius 3 is 2.77 bits per heavy atom. The van der Waals surface area contributed by atoms with Crippen molar-refractivity contribution >= 4 is 5.78 Å². The number of Topliss-reactive ketones (excluding diaryl/α,β-unsaturated/α-hetero) is 1. The second kappa shape index (κ2) is 7.14.